The van der Waals surface area contributed by atoms with Crippen LogP contribution in [0.2, 0.25) is 0 Å². The number of H-pyrrole nitrogens is 1. The highest BCUT2D eigenvalue weighted by atomic mass is 16.2. The van der Waals surface area contributed by atoms with Gasteiger partial charge in [0.2, 0.25) is 0 Å². The van der Waals surface area contributed by atoms with E-state index in [-0.39, 0.29) is 17.7 Å². The summed E-state index contributed by atoms with van der Waals surface area (Å²) in [7, 11) is 0. The summed E-state index contributed by atoms with van der Waals surface area (Å²) in [4.78, 5) is 25.9. The zero-order chi connectivity index (χ0) is 14.4. The first-order valence-corrected chi connectivity index (χ1v) is 6.90. The number of hydrogen-bond acceptors (Lipinski definition) is 2. The van der Waals surface area contributed by atoms with E-state index in [0.717, 1.165) is 12.8 Å². The fourth-order valence-electron chi connectivity index (χ4n) is 1.93. The highest BCUT2D eigenvalue weighted by molar-refractivity contribution is 5.99. The first kappa shape index (κ1) is 15.5. The van der Waals surface area contributed by atoms with Crippen molar-refractivity contribution in [2.75, 3.05) is 0 Å². The number of aromatic amines is 1. The van der Waals surface area contributed by atoms with Crippen LogP contribution in [0.4, 0.5) is 0 Å². The smallest absolute Gasteiger partial charge is 0.267 e. The molecule has 19 heavy (non-hydrogen) atoms. The molecule has 2 N–H and O–H groups in total. The van der Waals surface area contributed by atoms with Crippen LogP contribution in [0, 0.1) is 5.92 Å². The molecule has 1 rings (SSSR count). The Hall–Kier alpha value is -1.58. The third-order valence-corrected chi connectivity index (χ3v) is 3.13. The van der Waals surface area contributed by atoms with Gasteiger partial charge in [0.05, 0.1) is 0 Å². The molecule has 4 heteroatoms. The number of carbonyl (C=O) groups is 2. The number of amides is 1. The summed E-state index contributed by atoms with van der Waals surface area (Å²) in [6.45, 7) is 7.89. The van der Waals surface area contributed by atoms with Gasteiger partial charge in [0, 0.05) is 17.8 Å². The molecule has 4 nitrogen and oxygen atoms in total. The van der Waals surface area contributed by atoms with E-state index in [1.165, 1.54) is 13.3 Å². The van der Waals surface area contributed by atoms with E-state index >= 15 is 0 Å². The molecule has 0 radical (unpaired) electrons. The van der Waals surface area contributed by atoms with Crippen molar-refractivity contribution in [2.45, 2.75) is 53.0 Å². The Morgan fingerprint density at radius 1 is 1.26 bits per heavy atom. The molecule has 0 aliphatic heterocycles. The lowest BCUT2D eigenvalue weighted by atomic mass is 10.0. The maximum Gasteiger partial charge on any atom is 0.267 e. The van der Waals surface area contributed by atoms with Crippen LogP contribution >= 0.6 is 0 Å². The molecule has 0 fully saturated rings. The number of Topliss-reactive ketones (excluding diaryl/α,β-unsaturated/α-hetero) is 1. The van der Waals surface area contributed by atoms with Gasteiger partial charge in [-0.15, -0.1) is 0 Å². The predicted octanol–water partition coefficient (Wildman–Crippen LogP) is 3.16. The van der Waals surface area contributed by atoms with E-state index in [2.05, 4.69) is 24.1 Å². The van der Waals surface area contributed by atoms with Crippen molar-refractivity contribution < 1.29 is 9.59 Å². The largest absolute Gasteiger partial charge is 0.356 e. The molecule has 0 spiro atoms. The van der Waals surface area contributed by atoms with E-state index in [1.807, 2.05) is 6.92 Å². The second-order valence-corrected chi connectivity index (χ2v) is 5.56. The van der Waals surface area contributed by atoms with Gasteiger partial charge in [-0.05, 0) is 32.3 Å². The first-order chi connectivity index (χ1) is 8.90. The van der Waals surface area contributed by atoms with Crippen LogP contribution in [0.5, 0.6) is 0 Å². The lowest BCUT2D eigenvalue weighted by molar-refractivity contribution is 0.0933. The minimum atomic E-state index is -0.149. The maximum atomic E-state index is 11.9. The standard InChI is InChI=1S/C15H24N2O2/c1-10(2)6-5-7-11(3)17-15(19)14-8-13(9-16-14)12(4)18/h8-11,16H,5-7H2,1-4H3,(H,17,19)/t11-/m0/s1. The van der Waals surface area contributed by atoms with Crippen molar-refractivity contribution in [3.8, 4) is 0 Å². The van der Waals surface area contributed by atoms with E-state index in [0.29, 0.717) is 17.2 Å². The van der Waals surface area contributed by atoms with Gasteiger partial charge in [-0.2, -0.15) is 0 Å². The third kappa shape index (κ3) is 5.28. The monoisotopic (exact) mass is 264 g/mol. The molecule has 0 saturated heterocycles. The third-order valence-electron chi connectivity index (χ3n) is 3.13. The molecule has 1 aromatic heterocycles. The topological polar surface area (TPSA) is 62.0 Å². The highest BCUT2D eigenvalue weighted by Gasteiger charge is 2.13. The van der Waals surface area contributed by atoms with Crippen LogP contribution < -0.4 is 5.32 Å². The number of rotatable bonds is 7. The summed E-state index contributed by atoms with van der Waals surface area (Å²) in [5, 5.41) is 2.94. The molecular formula is C15H24N2O2. The molecule has 0 saturated carbocycles. The second-order valence-electron chi connectivity index (χ2n) is 5.56. The fraction of sp³-hybridized carbons (Fsp3) is 0.600. The van der Waals surface area contributed by atoms with Crippen LogP contribution in [0.1, 0.15) is 67.8 Å². The Bertz CT molecular complexity index is 435. The van der Waals surface area contributed by atoms with E-state index in [4.69, 9.17) is 0 Å². The minimum absolute atomic E-state index is 0.0414. The summed E-state index contributed by atoms with van der Waals surface area (Å²) < 4.78 is 0. The van der Waals surface area contributed by atoms with Crippen LogP contribution in [0.15, 0.2) is 12.3 Å². The zero-order valence-electron chi connectivity index (χ0n) is 12.2. The van der Waals surface area contributed by atoms with Gasteiger partial charge in [-0.1, -0.05) is 26.7 Å². The Morgan fingerprint density at radius 2 is 1.95 bits per heavy atom. The summed E-state index contributed by atoms with van der Waals surface area (Å²) in [6.07, 6.45) is 4.84. The minimum Gasteiger partial charge on any atom is -0.356 e. The van der Waals surface area contributed by atoms with Crippen molar-refractivity contribution in [1.82, 2.24) is 10.3 Å². The molecule has 106 valence electrons. The average Bonchev–Trinajstić information content (AvgIpc) is 2.77. The normalized spacial score (nSPS) is 12.5. The van der Waals surface area contributed by atoms with Crippen LogP contribution in [-0.2, 0) is 0 Å². The van der Waals surface area contributed by atoms with Crippen molar-refractivity contribution >= 4 is 11.7 Å². The van der Waals surface area contributed by atoms with Gasteiger partial charge in [-0.3, -0.25) is 9.59 Å². The van der Waals surface area contributed by atoms with Crippen molar-refractivity contribution in [1.29, 1.82) is 0 Å². The number of ketones is 1. The number of nitrogens with one attached hydrogen (secondary N) is 2. The molecule has 1 amide bonds. The maximum absolute atomic E-state index is 11.9. The van der Waals surface area contributed by atoms with Gasteiger partial charge >= 0.3 is 0 Å². The summed E-state index contributed by atoms with van der Waals surface area (Å²) in [5.41, 5.74) is 0.985. The lowest BCUT2D eigenvalue weighted by Crippen LogP contribution is -2.32. The average molecular weight is 264 g/mol. The molecule has 0 unspecified atom stereocenters. The van der Waals surface area contributed by atoms with E-state index < -0.39 is 0 Å². The van der Waals surface area contributed by atoms with Crippen molar-refractivity contribution in [3.05, 3.63) is 23.5 Å². The van der Waals surface area contributed by atoms with Crippen LogP contribution in [0.25, 0.3) is 0 Å². The molecule has 0 aromatic carbocycles. The molecule has 1 aromatic rings. The molecular weight excluding hydrogens is 240 g/mol. The SMILES string of the molecule is CC(=O)c1c[nH]c(C(=O)N[C@@H](C)CCCC(C)C)c1. The Morgan fingerprint density at radius 3 is 2.47 bits per heavy atom. The Balaban J connectivity index is 2.42. The summed E-state index contributed by atoms with van der Waals surface area (Å²) >= 11 is 0. The first-order valence-electron chi connectivity index (χ1n) is 6.90. The van der Waals surface area contributed by atoms with Gasteiger partial charge in [-0.25, -0.2) is 0 Å². The van der Waals surface area contributed by atoms with Gasteiger partial charge < -0.3 is 10.3 Å². The number of hydrogen-bond donors (Lipinski definition) is 2. The lowest BCUT2D eigenvalue weighted by Gasteiger charge is -2.13. The zero-order valence-corrected chi connectivity index (χ0v) is 12.2. The number of carbonyl (C=O) groups excluding carboxylic acids is 2. The Labute approximate surface area is 115 Å². The van der Waals surface area contributed by atoms with Gasteiger partial charge in [0.15, 0.2) is 5.78 Å². The van der Waals surface area contributed by atoms with Crippen molar-refractivity contribution in [2.24, 2.45) is 5.92 Å². The quantitative estimate of drug-likeness (QED) is 0.743. The summed E-state index contributed by atoms with van der Waals surface area (Å²) in [6, 6.07) is 1.74. The molecule has 1 heterocycles. The molecule has 1 atom stereocenters. The Kier molecular flexibility index (Phi) is 5.80. The number of aromatic nitrogens is 1. The van der Waals surface area contributed by atoms with Crippen molar-refractivity contribution in [3.63, 3.8) is 0 Å². The molecule has 0 aliphatic rings. The highest BCUT2D eigenvalue weighted by Crippen LogP contribution is 2.09. The van der Waals surface area contributed by atoms with E-state index in [9.17, 15) is 9.59 Å². The van der Waals surface area contributed by atoms with Gasteiger partial charge in [0.25, 0.3) is 5.91 Å². The van der Waals surface area contributed by atoms with Gasteiger partial charge in [0.1, 0.15) is 5.69 Å². The summed E-state index contributed by atoms with van der Waals surface area (Å²) in [5.74, 6) is 0.509. The molecule has 0 aliphatic carbocycles. The second kappa shape index (κ2) is 7.12. The molecule has 0 bridgehead atoms. The fourth-order valence-corrected chi connectivity index (χ4v) is 1.93. The van der Waals surface area contributed by atoms with Crippen LogP contribution in [-0.4, -0.2) is 22.7 Å². The van der Waals surface area contributed by atoms with E-state index in [1.54, 1.807) is 12.3 Å². The predicted molar refractivity (Wildman–Crippen MR) is 76.4 cm³/mol. The van der Waals surface area contributed by atoms with Crippen LogP contribution in [0.3, 0.4) is 0 Å².